The van der Waals surface area contributed by atoms with E-state index in [0.29, 0.717) is 12.2 Å². The van der Waals surface area contributed by atoms with Gasteiger partial charge in [-0.15, -0.1) is 0 Å². The van der Waals surface area contributed by atoms with Crippen molar-refractivity contribution in [2.24, 2.45) is 5.92 Å². The van der Waals surface area contributed by atoms with Gasteiger partial charge in [0.2, 0.25) is 11.8 Å². The average molecular weight is 356 g/mol. The monoisotopic (exact) mass is 356 g/mol. The summed E-state index contributed by atoms with van der Waals surface area (Å²) in [5.41, 5.74) is 1.25. The smallest absolute Gasteiger partial charge is 0.229 e. The van der Waals surface area contributed by atoms with Gasteiger partial charge in [-0.25, -0.2) is 4.39 Å². The van der Waals surface area contributed by atoms with E-state index in [4.69, 9.17) is 4.74 Å². The largest absolute Gasteiger partial charge is 0.491 e. The van der Waals surface area contributed by atoms with Crippen molar-refractivity contribution in [2.45, 2.75) is 26.4 Å². The Kier molecular flexibility index (Phi) is 5.21. The molecule has 0 unspecified atom stereocenters. The van der Waals surface area contributed by atoms with Crippen LogP contribution in [-0.4, -0.2) is 24.5 Å². The Hall–Kier alpha value is -2.89. The van der Waals surface area contributed by atoms with Crippen LogP contribution in [0.1, 0.15) is 20.3 Å². The molecule has 0 aromatic heterocycles. The van der Waals surface area contributed by atoms with Crippen molar-refractivity contribution in [3.63, 3.8) is 0 Å². The molecule has 6 heteroatoms. The molecule has 2 aromatic rings. The number of hydrogen-bond donors (Lipinski definition) is 1. The zero-order valence-corrected chi connectivity index (χ0v) is 14.7. The molecule has 1 N–H and O–H groups in total. The molecule has 136 valence electrons. The Morgan fingerprint density at radius 3 is 2.42 bits per heavy atom. The van der Waals surface area contributed by atoms with E-state index in [1.54, 1.807) is 4.90 Å². The van der Waals surface area contributed by atoms with Gasteiger partial charge < -0.3 is 15.0 Å². The quantitative estimate of drug-likeness (QED) is 0.890. The summed E-state index contributed by atoms with van der Waals surface area (Å²) in [7, 11) is 0. The van der Waals surface area contributed by atoms with Gasteiger partial charge in [0.25, 0.3) is 0 Å². The molecule has 2 amide bonds. The highest BCUT2D eigenvalue weighted by atomic mass is 19.1. The minimum absolute atomic E-state index is 0.0776. The average Bonchev–Trinajstić information content (AvgIpc) is 2.99. The molecular weight excluding hydrogens is 335 g/mol. The maximum absolute atomic E-state index is 12.9. The first kappa shape index (κ1) is 17.9. The third-order valence-electron chi connectivity index (χ3n) is 4.13. The highest BCUT2D eigenvalue weighted by Gasteiger charge is 2.35. The number of halogens is 1. The lowest BCUT2D eigenvalue weighted by Crippen LogP contribution is -2.28. The van der Waals surface area contributed by atoms with Crippen LogP contribution in [0.3, 0.4) is 0 Å². The summed E-state index contributed by atoms with van der Waals surface area (Å²) in [4.78, 5) is 26.3. The first-order chi connectivity index (χ1) is 12.4. The fraction of sp³-hybridized carbons (Fsp3) is 0.300. The van der Waals surface area contributed by atoms with Crippen LogP contribution < -0.4 is 15.0 Å². The van der Waals surface area contributed by atoms with Gasteiger partial charge >= 0.3 is 0 Å². The molecule has 0 saturated carbocycles. The maximum Gasteiger partial charge on any atom is 0.229 e. The molecule has 2 aromatic carbocycles. The highest BCUT2D eigenvalue weighted by Crippen LogP contribution is 2.28. The molecule has 1 aliphatic rings. The first-order valence-electron chi connectivity index (χ1n) is 8.56. The molecule has 0 spiro atoms. The molecule has 5 nitrogen and oxygen atoms in total. The molecule has 1 saturated heterocycles. The number of rotatable bonds is 5. The van der Waals surface area contributed by atoms with Gasteiger partial charge in [0, 0.05) is 24.3 Å². The Morgan fingerprint density at radius 2 is 1.81 bits per heavy atom. The van der Waals surface area contributed by atoms with Gasteiger partial charge in [0.15, 0.2) is 0 Å². The number of carbonyl (C=O) groups excluding carboxylic acids is 2. The molecular formula is C20H21FN2O3. The summed E-state index contributed by atoms with van der Waals surface area (Å²) in [6.45, 7) is 4.21. The topological polar surface area (TPSA) is 58.6 Å². The third-order valence-corrected chi connectivity index (χ3v) is 4.13. The van der Waals surface area contributed by atoms with Crippen molar-refractivity contribution in [3.8, 4) is 5.75 Å². The Morgan fingerprint density at radius 1 is 1.15 bits per heavy atom. The lowest BCUT2D eigenvalue weighted by Gasteiger charge is -2.18. The van der Waals surface area contributed by atoms with Crippen molar-refractivity contribution < 1.29 is 18.7 Å². The van der Waals surface area contributed by atoms with Crippen molar-refractivity contribution >= 4 is 23.2 Å². The Balaban J connectivity index is 1.64. The molecule has 0 aliphatic carbocycles. The van der Waals surface area contributed by atoms with Crippen LogP contribution in [0.25, 0.3) is 0 Å². The van der Waals surface area contributed by atoms with E-state index in [0.717, 1.165) is 11.4 Å². The van der Waals surface area contributed by atoms with E-state index in [1.807, 2.05) is 38.1 Å². The van der Waals surface area contributed by atoms with Gasteiger partial charge in [-0.05, 0) is 62.4 Å². The molecule has 3 rings (SSSR count). The molecule has 1 atom stereocenters. The van der Waals surface area contributed by atoms with Crippen LogP contribution in [0.4, 0.5) is 15.8 Å². The number of carbonyl (C=O) groups is 2. The summed E-state index contributed by atoms with van der Waals surface area (Å²) < 4.78 is 18.5. The van der Waals surface area contributed by atoms with E-state index < -0.39 is 5.92 Å². The van der Waals surface area contributed by atoms with Gasteiger partial charge in [0.05, 0.1) is 12.0 Å². The van der Waals surface area contributed by atoms with E-state index in [-0.39, 0.29) is 30.2 Å². The molecule has 1 fully saturated rings. The van der Waals surface area contributed by atoms with Crippen molar-refractivity contribution in [1.82, 2.24) is 0 Å². The second-order valence-electron chi connectivity index (χ2n) is 6.56. The lowest BCUT2D eigenvalue weighted by molar-refractivity contribution is -0.122. The summed E-state index contributed by atoms with van der Waals surface area (Å²) in [5, 5.41) is 2.73. The van der Waals surface area contributed by atoms with Crippen molar-refractivity contribution in [1.29, 1.82) is 0 Å². The van der Waals surface area contributed by atoms with Crippen LogP contribution in [0.5, 0.6) is 5.75 Å². The van der Waals surface area contributed by atoms with Crippen LogP contribution >= 0.6 is 0 Å². The zero-order chi connectivity index (χ0) is 18.7. The molecule has 0 bridgehead atoms. The van der Waals surface area contributed by atoms with Crippen molar-refractivity contribution in [2.75, 3.05) is 16.8 Å². The minimum Gasteiger partial charge on any atom is -0.491 e. The fourth-order valence-corrected chi connectivity index (χ4v) is 2.89. The minimum atomic E-state index is -0.445. The van der Waals surface area contributed by atoms with E-state index in [9.17, 15) is 14.0 Å². The van der Waals surface area contributed by atoms with Gasteiger partial charge in [0.1, 0.15) is 11.6 Å². The van der Waals surface area contributed by atoms with Gasteiger partial charge in [-0.3, -0.25) is 9.59 Å². The number of benzene rings is 2. The maximum atomic E-state index is 12.9. The zero-order valence-electron chi connectivity index (χ0n) is 14.7. The van der Waals surface area contributed by atoms with Crippen LogP contribution in [-0.2, 0) is 9.59 Å². The Bertz CT molecular complexity index is 788. The number of hydrogen-bond acceptors (Lipinski definition) is 3. The third kappa shape index (κ3) is 4.20. The molecule has 26 heavy (non-hydrogen) atoms. The first-order valence-corrected chi connectivity index (χ1v) is 8.56. The number of amides is 2. The summed E-state index contributed by atoms with van der Waals surface area (Å²) in [5.74, 6) is -0.413. The van der Waals surface area contributed by atoms with E-state index in [1.165, 1.54) is 24.3 Å². The predicted molar refractivity (Wildman–Crippen MR) is 97.7 cm³/mol. The molecule has 1 aliphatic heterocycles. The number of ether oxygens (including phenoxy) is 1. The van der Waals surface area contributed by atoms with E-state index in [2.05, 4.69) is 5.32 Å². The van der Waals surface area contributed by atoms with E-state index >= 15 is 0 Å². The predicted octanol–water partition coefficient (Wildman–Crippen LogP) is 3.60. The summed E-state index contributed by atoms with van der Waals surface area (Å²) in [6.07, 6.45) is 0.228. The normalized spacial score (nSPS) is 16.8. The van der Waals surface area contributed by atoms with Crippen LogP contribution in [0, 0.1) is 11.7 Å². The number of nitrogens with zero attached hydrogens (tertiary/aromatic N) is 1. The highest BCUT2D eigenvalue weighted by molar-refractivity contribution is 6.03. The fourth-order valence-electron chi connectivity index (χ4n) is 2.89. The standard InChI is InChI=1S/C20H21FN2O3/c1-13(2)26-18-9-7-17(8-10-18)23-12-14(11-19(23)24)20(25)22-16-5-3-15(21)4-6-16/h3-10,13-14H,11-12H2,1-2H3,(H,22,25)/t14-/m0/s1. The SMILES string of the molecule is CC(C)Oc1ccc(N2C[C@@H](C(=O)Nc3ccc(F)cc3)CC2=O)cc1. The summed E-state index contributed by atoms with van der Waals surface area (Å²) >= 11 is 0. The van der Waals surface area contributed by atoms with Crippen LogP contribution in [0.2, 0.25) is 0 Å². The molecule has 0 radical (unpaired) electrons. The Labute approximate surface area is 151 Å². The lowest BCUT2D eigenvalue weighted by atomic mass is 10.1. The van der Waals surface area contributed by atoms with Crippen LogP contribution in [0.15, 0.2) is 48.5 Å². The van der Waals surface area contributed by atoms with Gasteiger partial charge in [-0.2, -0.15) is 0 Å². The summed E-state index contributed by atoms with van der Waals surface area (Å²) in [6, 6.07) is 12.8. The van der Waals surface area contributed by atoms with Crippen molar-refractivity contribution in [3.05, 3.63) is 54.3 Å². The number of anilines is 2. The second-order valence-corrected chi connectivity index (χ2v) is 6.56. The molecule has 1 heterocycles. The van der Waals surface area contributed by atoms with Gasteiger partial charge in [-0.1, -0.05) is 0 Å². The second kappa shape index (κ2) is 7.56. The number of nitrogens with one attached hydrogen (secondary N) is 1.